The summed E-state index contributed by atoms with van der Waals surface area (Å²) in [6.45, 7) is 0. The van der Waals surface area contributed by atoms with Crippen LogP contribution in [0.4, 0.5) is 0 Å². The number of aliphatic carboxylic acids is 1. The Labute approximate surface area is 107 Å². The van der Waals surface area contributed by atoms with Crippen LogP contribution in [0.3, 0.4) is 0 Å². The summed E-state index contributed by atoms with van der Waals surface area (Å²) in [4.78, 5) is 10.8. The van der Waals surface area contributed by atoms with E-state index in [2.05, 4.69) is 0 Å². The molecule has 0 bridgehead atoms. The van der Waals surface area contributed by atoms with Gasteiger partial charge in [-0.3, -0.25) is 4.79 Å². The minimum absolute atomic E-state index is 0.262. The Morgan fingerprint density at radius 2 is 2.11 bits per heavy atom. The minimum Gasteiger partial charge on any atom is -0.481 e. The predicted molar refractivity (Wildman–Crippen MR) is 67.7 cm³/mol. The average molecular weight is 248 g/mol. The molecule has 1 fully saturated rings. The van der Waals surface area contributed by atoms with Gasteiger partial charge in [-0.05, 0) is 48.6 Å². The van der Waals surface area contributed by atoms with Gasteiger partial charge in [-0.1, -0.05) is 12.8 Å². The summed E-state index contributed by atoms with van der Waals surface area (Å²) in [5.41, 5.74) is 2.83. The van der Waals surface area contributed by atoms with E-state index in [1.54, 1.807) is 0 Å². The van der Waals surface area contributed by atoms with Gasteiger partial charge in [0.25, 0.3) is 0 Å². The molecule has 0 spiro atoms. The summed E-state index contributed by atoms with van der Waals surface area (Å²) in [6.07, 6.45) is 10.3. The topological polar surface area (TPSA) is 50.4 Å². The van der Waals surface area contributed by atoms with Crippen molar-refractivity contribution in [2.24, 2.45) is 5.92 Å². The second-order valence-electron chi connectivity index (χ2n) is 5.78. The first-order valence-electron chi connectivity index (χ1n) is 7.05. The van der Waals surface area contributed by atoms with Crippen molar-refractivity contribution >= 4 is 5.97 Å². The number of furan rings is 1. The van der Waals surface area contributed by atoms with Crippen molar-refractivity contribution in [2.75, 3.05) is 0 Å². The lowest BCUT2D eigenvalue weighted by atomic mass is 9.82. The van der Waals surface area contributed by atoms with Crippen LogP contribution >= 0.6 is 0 Å². The zero-order valence-electron chi connectivity index (χ0n) is 10.7. The Hall–Kier alpha value is -1.25. The van der Waals surface area contributed by atoms with Crippen LogP contribution in [-0.2, 0) is 17.6 Å². The Kier molecular flexibility index (Phi) is 3.14. The zero-order chi connectivity index (χ0) is 12.5. The Bertz CT molecular complexity index is 441. The first kappa shape index (κ1) is 11.8. The molecule has 2 aliphatic carbocycles. The SMILES string of the molecule is O=C(O)CC1CCc2c(C3CCCC3)coc2C1. The largest absolute Gasteiger partial charge is 0.481 e. The van der Waals surface area contributed by atoms with Gasteiger partial charge in [0.2, 0.25) is 0 Å². The van der Waals surface area contributed by atoms with E-state index in [0.717, 1.165) is 25.0 Å². The molecule has 1 aromatic rings. The molecule has 1 atom stereocenters. The van der Waals surface area contributed by atoms with Gasteiger partial charge < -0.3 is 9.52 Å². The summed E-state index contributed by atoms with van der Waals surface area (Å²) < 4.78 is 5.72. The minimum atomic E-state index is -0.689. The van der Waals surface area contributed by atoms with Crippen molar-refractivity contribution in [3.8, 4) is 0 Å². The lowest BCUT2D eigenvalue weighted by Crippen LogP contribution is -2.17. The lowest BCUT2D eigenvalue weighted by molar-refractivity contribution is -0.138. The number of carbonyl (C=O) groups is 1. The predicted octanol–water partition coefficient (Wildman–Crippen LogP) is 3.52. The van der Waals surface area contributed by atoms with Crippen molar-refractivity contribution < 1.29 is 14.3 Å². The average Bonchev–Trinajstić information content (AvgIpc) is 2.94. The van der Waals surface area contributed by atoms with Crippen LogP contribution in [0.15, 0.2) is 10.7 Å². The van der Waals surface area contributed by atoms with Gasteiger partial charge in [0.15, 0.2) is 0 Å². The molecule has 0 aromatic carbocycles. The molecule has 98 valence electrons. The highest BCUT2D eigenvalue weighted by Gasteiger charge is 2.29. The maximum atomic E-state index is 10.8. The summed E-state index contributed by atoms with van der Waals surface area (Å²) in [5, 5.41) is 8.86. The molecule has 1 N–H and O–H groups in total. The molecule has 0 radical (unpaired) electrons. The maximum Gasteiger partial charge on any atom is 0.303 e. The number of rotatable bonds is 3. The highest BCUT2D eigenvalue weighted by Crippen LogP contribution is 2.40. The first-order valence-corrected chi connectivity index (χ1v) is 7.05. The number of hydrogen-bond acceptors (Lipinski definition) is 2. The molecule has 0 saturated heterocycles. The highest BCUT2D eigenvalue weighted by molar-refractivity contribution is 5.67. The number of carboxylic acid groups (broad SMARTS) is 1. The van der Waals surface area contributed by atoms with Crippen LogP contribution in [0.25, 0.3) is 0 Å². The smallest absolute Gasteiger partial charge is 0.303 e. The van der Waals surface area contributed by atoms with Gasteiger partial charge in [-0.15, -0.1) is 0 Å². The van der Waals surface area contributed by atoms with Crippen LogP contribution in [0.5, 0.6) is 0 Å². The fourth-order valence-electron chi connectivity index (χ4n) is 3.61. The molecule has 1 unspecified atom stereocenters. The van der Waals surface area contributed by atoms with Gasteiger partial charge in [-0.25, -0.2) is 0 Å². The van der Waals surface area contributed by atoms with E-state index in [-0.39, 0.29) is 12.3 Å². The van der Waals surface area contributed by atoms with Crippen LogP contribution in [-0.4, -0.2) is 11.1 Å². The molecule has 3 heteroatoms. The van der Waals surface area contributed by atoms with E-state index in [1.807, 2.05) is 6.26 Å². The van der Waals surface area contributed by atoms with Gasteiger partial charge in [0.1, 0.15) is 5.76 Å². The normalized spacial score (nSPS) is 24.1. The van der Waals surface area contributed by atoms with Gasteiger partial charge in [0.05, 0.1) is 6.26 Å². The molecule has 1 saturated carbocycles. The standard InChI is InChI=1S/C15H20O3/c16-15(17)8-10-5-6-12-13(9-18-14(12)7-10)11-3-1-2-4-11/h9-11H,1-8H2,(H,16,17). The Morgan fingerprint density at radius 1 is 1.33 bits per heavy atom. The molecule has 3 nitrogen and oxygen atoms in total. The van der Waals surface area contributed by atoms with Gasteiger partial charge in [-0.2, -0.15) is 0 Å². The van der Waals surface area contributed by atoms with Crippen LogP contribution in [0, 0.1) is 5.92 Å². The maximum absolute atomic E-state index is 10.8. The quantitative estimate of drug-likeness (QED) is 0.890. The van der Waals surface area contributed by atoms with Crippen LogP contribution in [0.1, 0.15) is 61.3 Å². The van der Waals surface area contributed by atoms with E-state index in [4.69, 9.17) is 9.52 Å². The van der Waals surface area contributed by atoms with E-state index >= 15 is 0 Å². The lowest BCUT2D eigenvalue weighted by Gasteiger charge is -2.21. The van der Waals surface area contributed by atoms with Gasteiger partial charge in [0, 0.05) is 12.8 Å². The summed E-state index contributed by atoms with van der Waals surface area (Å²) >= 11 is 0. The first-order chi connectivity index (χ1) is 8.74. The Morgan fingerprint density at radius 3 is 2.83 bits per heavy atom. The number of hydrogen-bond donors (Lipinski definition) is 1. The molecule has 3 rings (SSSR count). The van der Waals surface area contributed by atoms with E-state index < -0.39 is 5.97 Å². The molecule has 1 heterocycles. The fraction of sp³-hybridized carbons (Fsp3) is 0.667. The monoisotopic (exact) mass is 248 g/mol. The second-order valence-corrected chi connectivity index (χ2v) is 5.78. The van der Waals surface area contributed by atoms with Crippen LogP contribution < -0.4 is 0 Å². The molecule has 1 aromatic heterocycles. The third-order valence-electron chi connectivity index (χ3n) is 4.55. The third-order valence-corrected chi connectivity index (χ3v) is 4.55. The molecular weight excluding hydrogens is 228 g/mol. The molecule has 18 heavy (non-hydrogen) atoms. The molecular formula is C15H20O3. The number of fused-ring (bicyclic) bond motifs is 1. The van der Waals surface area contributed by atoms with E-state index in [1.165, 1.54) is 36.8 Å². The molecule has 2 aliphatic rings. The van der Waals surface area contributed by atoms with Gasteiger partial charge >= 0.3 is 5.97 Å². The second kappa shape index (κ2) is 4.79. The highest BCUT2D eigenvalue weighted by atomic mass is 16.4. The van der Waals surface area contributed by atoms with Crippen LogP contribution in [0.2, 0.25) is 0 Å². The number of carboxylic acids is 1. The Balaban J connectivity index is 1.75. The molecule has 0 aliphatic heterocycles. The zero-order valence-corrected chi connectivity index (χ0v) is 10.7. The third kappa shape index (κ3) is 2.18. The van der Waals surface area contributed by atoms with E-state index in [0.29, 0.717) is 5.92 Å². The van der Waals surface area contributed by atoms with Crippen molar-refractivity contribution in [2.45, 2.75) is 57.3 Å². The van der Waals surface area contributed by atoms with Crippen molar-refractivity contribution in [1.29, 1.82) is 0 Å². The summed E-state index contributed by atoms with van der Waals surface area (Å²) in [5.74, 6) is 1.34. The van der Waals surface area contributed by atoms with Crippen molar-refractivity contribution in [3.05, 3.63) is 23.2 Å². The van der Waals surface area contributed by atoms with Crippen molar-refractivity contribution in [3.63, 3.8) is 0 Å². The van der Waals surface area contributed by atoms with Crippen molar-refractivity contribution in [1.82, 2.24) is 0 Å². The summed E-state index contributed by atoms with van der Waals surface area (Å²) in [6, 6.07) is 0. The summed E-state index contributed by atoms with van der Waals surface area (Å²) in [7, 11) is 0. The fourth-order valence-corrected chi connectivity index (χ4v) is 3.61. The molecule has 0 amide bonds. The van der Waals surface area contributed by atoms with E-state index in [9.17, 15) is 4.79 Å².